The number of ether oxygens (including phenoxy) is 1. The largest absolute Gasteiger partial charge is 0.492 e. The van der Waals surface area contributed by atoms with Gasteiger partial charge in [0.2, 0.25) is 11.8 Å². The average molecular weight is 333 g/mol. The normalized spacial score (nSPS) is 19.9. The summed E-state index contributed by atoms with van der Waals surface area (Å²) in [7, 11) is 0. The van der Waals surface area contributed by atoms with Crippen LogP contribution < -0.4 is 15.8 Å². The first-order valence-electron chi connectivity index (χ1n) is 8.48. The number of nitrogens with one attached hydrogen (secondary N) is 1. The molecule has 6 heteroatoms. The zero-order chi connectivity index (χ0) is 17.6. The summed E-state index contributed by atoms with van der Waals surface area (Å²) >= 11 is 0. The molecule has 2 amide bonds. The van der Waals surface area contributed by atoms with E-state index in [-0.39, 0.29) is 17.9 Å². The molecule has 1 heterocycles. The number of amides is 2. The van der Waals surface area contributed by atoms with Crippen molar-refractivity contribution >= 4 is 11.8 Å². The minimum Gasteiger partial charge on any atom is -0.492 e. The van der Waals surface area contributed by atoms with E-state index in [2.05, 4.69) is 5.32 Å². The van der Waals surface area contributed by atoms with Crippen LogP contribution in [0.4, 0.5) is 0 Å². The molecule has 1 saturated heterocycles. The van der Waals surface area contributed by atoms with E-state index in [1.807, 2.05) is 37.3 Å². The summed E-state index contributed by atoms with van der Waals surface area (Å²) in [5.74, 6) is 0.628. The number of hydrogen-bond acceptors (Lipinski definition) is 4. The molecule has 1 fully saturated rings. The van der Waals surface area contributed by atoms with Gasteiger partial charge in [0.05, 0.1) is 18.1 Å². The third-order valence-corrected chi connectivity index (χ3v) is 4.21. The number of para-hydroxylation sites is 1. The van der Waals surface area contributed by atoms with Crippen LogP contribution in [0.25, 0.3) is 0 Å². The lowest BCUT2D eigenvalue weighted by molar-refractivity contribution is -0.128. The van der Waals surface area contributed by atoms with Crippen LogP contribution in [0.5, 0.6) is 5.75 Å². The first kappa shape index (κ1) is 18.3. The lowest BCUT2D eigenvalue weighted by Crippen LogP contribution is -2.54. The number of likely N-dealkylation sites (tertiary alicyclic amines) is 1. The molecular weight excluding hydrogens is 306 g/mol. The van der Waals surface area contributed by atoms with Gasteiger partial charge in [0.1, 0.15) is 12.4 Å². The molecule has 1 aromatic carbocycles. The van der Waals surface area contributed by atoms with Crippen LogP contribution in [0.2, 0.25) is 0 Å². The van der Waals surface area contributed by atoms with E-state index in [1.165, 1.54) is 0 Å². The number of hydrogen-bond donors (Lipinski definition) is 2. The third kappa shape index (κ3) is 4.96. The van der Waals surface area contributed by atoms with Crippen LogP contribution in [0.1, 0.15) is 33.1 Å². The van der Waals surface area contributed by atoms with Gasteiger partial charge in [-0.2, -0.15) is 0 Å². The number of benzene rings is 1. The predicted molar refractivity (Wildman–Crippen MR) is 92.6 cm³/mol. The van der Waals surface area contributed by atoms with Gasteiger partial charge in [-0.05, 0) is 25.5 Å². The molecule has 0 bridgehead atoms. The number of carbonyl (C=O) groups excluding carboxylic acids is 2. The highest BCUT2D eigenvalue weighted by atomic mass is 16.5. The summed E-state index contributed by atoms with van der Waals surface area (Å²) in [5.41, 5.74) is 5.14. The quantitative estimate of drug-likeness (QED) is 0.751. The second kappa shape index (κ2) is 8.15. The van der Waals surface area contributed by atoms with Crippen molar-refractivity contribution < 1.29 is 14.3 Å². The summed E-state index contributed by atoms with van der Waals surface area (Å²) in [6.45, 7) is 5.17. The van der Waals surface area contributed by atoms with Crippen molar-refractivity contribution in [1.82, 2.24) is 10.2 Å². The van der Waals surface area contributed by atoms with Crippen LogP contribution in [0.15, 0.2) is 30.3 Å². The van der Waals surface area contributed by atoms with Gasteiger partial charge in [-0.3, -0.25) is 9.59 Å². The van der Waals surface area contributed by atoms with E-state index < -0.39 is 5.54 Å². The van der Waals surface area contributed by atoms with E-state index in [4.69, 9.17) is 10.5 Å². The van der Waals surface area contributed by atoms with Gasteiger partial charge in [-0.15, -0.1) is 0 Å². The monoisotopic (exact) mass is 333 g/mol. The molecule has 1 aliphatic heterocycles. The van der Waals surface area contributed by atoms with Crippen molar-refractivity contribution in [1.29, 1.82) is 0 Å². The lowest BCUT2D eigenvalue weighted by Gasteiger charge is -2.25. The number of nitrogens with zero attached hydrogens (tertiary/aromatic N) is 1. The Hall–Kier alpha value is -2.08. The van der Waals surface area contributed by atoms with Crippen molar-refractivity contribution in [2.45, 2.75) is 44.7 Å². The summed E-state index contributed by atoms with van der Waals surface area (Å²) in [6, 6.07) is 9.31. The number of rotatable bonds is 8. The van der Waals surface area contributed by atoms with Gasteiger partial charge >= 0.3 is 0 Å². The molecule has 2 rings (SSSR count). The highest BCUT2D eigenvalue weighted by molar-refractivity contribution is 5.87. The second-order valence-corrected chi connectivity index (χ2v) is 6.54. The van der Waals surface area contributed by atoms with Gasteiger partial charge in [-0.1, -0.05) is 31.5 Å². The topological polar surface area (TPSA) is 84.7 Å². The molecule has 0 radical (unpaired) electrons. The Kier molecular flexibility index (Phi) is 6.20. The minimum absolute atomic E-state index is 0.0335. The summed E-state index contributed by atoms with van der Waals surface area (Å²) < 4.78 is 5.62. The molecule has 3 N–H and O–H groups in total. The van der Waals surface area contributed by atoms with Crippen LogP contribution in [0.3, 0.4) is 0 Å². The van der Waals surface area contributed by atoms with Gasteiger partial charge in [-0.25, -0.2) is 0 Å². The fraction of sp³-hybridized carbons (Fsp3) is 0.556. The van der Waals surface area contributed by atoms with E-state index >= 15 is 0 Å². The Morgan fingerprint density at radius 1 is 1.42 bits per heavy atom. The molecule has 0 aromatic heterocycles. The third-order valence-electron chi connectivity index (χ3n) is 4.21. The maximum Gasteiger partial charge on any atom is 0.240 e. The maximum atomic E-state index is 12.2. The molecule has 24 heavy (non-hydrogen) atoms. The molecule has 6 nitrogen and oxygen atoms in total. The molecule has 0 saturated carbocycles. The second-order valence-electron chi connectivity index (χ2n) is 6.54. The Morgan fingerprint density at radius 3 is 2.79 bits per heavy atom. The Labute approximate surface area is 143 Å². The smallest absolute Gasteiger partial charge is 0.240 e. The maximum absolute atomic E-state index is 12.2. The fourth-order valence-corrected chi connectivity index (χ4v) is 2.86. The van der Waals surface area contributed by atoms with Crippen molar-refractivity contribution in [3.63, 3.8) is 0 Å². The van der Waals surface area contributed by atoms with E-state index in [1.54, 1.807) is 11.8 Å². The highest BCUT2D eigenvalue weighted by Gasteiger charge is 2.34. The predicted octanol–water partition coefficient (Wildman–Crippen LogP) is 1.30. The molecule has 0 aliphatic carbocycles. The van der Waals surface area contributed by atoms with Crippen LogP contribution in [-0.2, 0) is 9.59 Å². The van der Waals surface area contributed by atoms with Crippen LogP contribution >= 0.6 is 0 Å². The summed E-state index contributed by atoms with van der Waals surface area (Å²) in [6.07, 6.45) is 1.78. The van der Waals surface area contributed by atoms with Crippen LogP contribution in [-0.4, -0.2) is 48.0 Å². The number of nitrogens with two attached hydrogens (primary N) is 1. The first-order chi connectivity index (χ1) is 11.4. The van der Waals surface area contributed by atoms with E-state index in [0.717, 1.165) is 12.2 Å². The van der Waals surface area contributed by atoms with E-state index in [0.29, 0.717) is 32.5 Å². The standard InChI is InChI=1S/C18H27N3O3/c1-3-9-18(2,19)17(23)20-14-12-16(22)21(13-14)10-11-24-15-7-5-4-6-8-15/h4-8,14H,3,9-13,19H2,1-2H3,(H,20,23). The van der Waals surface area contributed by atoms with Crippen molar-refractivity contribution in [2.75, 3.05) is 19.7 Å². The highest BCUT2D eigenvalue weighted by Crippen LogP contribution is 2.15. The van der Waals surface area contributed by atoms with Crippen molar-refractivity contribution in [3.05, 3.63) is 30.3 Å². The van der Waals surface area contributed by atoms with Gasteiger partial charge in [0, 0.05) is 13.0 Å². The lowest BCUT2D eigenvalue weighted by atomic mass is 9.96. The van der Waals surface area contributed by atoms with Gasteiger partial charge < -0.3 is 20.7 Å². The van der Waals surface area contributed by atoms with Gasteiger partial charge in [0.25, 0.3) is 0 Å². The van der Waals surface area contributed by atoms with Crippen molar-refractivity contribution in [3.8, 4) is 5.75 Å². The molecule has 132 valence electrons. The van der Waals surface area contributed by atoms with E-state index in [9.17, 15) is 9.59 Å². The molecule has 2 unspecified atom stereocenters. The minimum atomic E-state index is -0.887. The molecule has 2 atom stereocenters. The SMILES string of the molecule is CCCC(C)(N)C(=O)NC1CC(=O)N(CCOc2ccccc2)C1. The molecular formula is C18H27N3O3. The Morgan fingerprint density at radius 2 is 2.12 bits per heavy atom. The first-order valence-corrected chi connectivity index (χ1v) is 8.48. The summed E-state index contributed by atoms with van der Waals surface area (Å²) in [4.78, 5) is 26.0. The van der Waals surface area contributed by atoms with Crippen molar-refractivity contribution in [2.24, 2.45) is 5.73 Å². The Balaban J connectivity index is 1.77. The molecule has 0 spiro atoms. The zero-order valence-corrected chi connectivity index (χ0v) is 14.5. The van der Waals surface area contributed by atoms with Crippen LogP contribution in [0, 0.1) is 0 Å². The number of carbonyl (C=O) groups is 2. The fourth-order valence-electron chi connectivity index (χ4n) is 2.86. The molecule has 1 aliphatic rings. The molecule has 1 aromatic rings. The zero-order valence-electron chi connectivity index (χ0n) is 14.5. The summed E-state index contributed by atoms with van der Waals surface area (Å²) in [5, 5.41) is 2.91. The Bertz CT molecular complexity index is 560. The average Bonchev–Trinajstić information content (AvgIpc) is 2.88. The van der Waals surface area contributed by atoms with Gasteiger partial charge in [0.15, 0.2) is 0 Å².